The first-order valence-corrected chi connectivity index (χ1v) is 6.50. The van der Waals surface area contributed by atoms with E-state index < -0.39 is 0 Å². The smallest absolute Gasteiger partial charge is 0.157 e. The van der Waals surface area contributed by atoms with Gasteiger partial charge in [-0.25, -0.2) is 0 Å². The van der Waals surface area contributed by atoms with Crippen LogP contribution >= 0.6 is 22.9 Å². The summed E-state index contributed by atoms with van der Waals surface area (Å²) in [5.41, 5.74) is 0. The molecule has 6 heteroatoms. The number of aryl methyl sites for hydroxylation is 1. The first kappa shape index (κ1) is 12.4. The summed E-state index contributed by atoms with van der Waals surface area (Å²) in [4.78, 5) is 1.23. The number of halogens is 1. The monoisotopic (exact) mass is 271 g/mol. The first-order chi connectivity index (χ1) is 8.24. The van der Waals surface area contributed by atoms with Gasteiger partial charge in [-0.3, -0.25) is 4.68 Å². The topological polar surface area (TPSA) is 39.1 Å². The quantitative estimate of drug-likeness (QED) is 0.820. The molecule has 1 N–H and O–H groups in total. The summed E-state index contributed by atoms with van der Waals surface area (Å²) in [5, 5.41) is 7.32. The molecule has 0 aliphatic heterocycles. The van der Waals surface area contributed by atoms with Gasteiger partial charge in [-0.1, -0.05) is 11.6 Å². The SMILES string of the molecule is Cn1cc(OCCNCc2ccc(Cl)s2)cn1. The Hall–Kier alpha value is -1.04. The molecule has 2 aromatic heterocycles. The average Bonchev–Trinajstić information content (AvgIpc) is 2.88. The molecule has 0 radical (unpaired) electrons. The van der Waals surface area contributed by atoms with Crippen molar-refractivity contribution in [2.24, 2.45) is 7.05 Å². The fourth-order valence-corrected chi connectivity index (χ4v) is 2.43. The van der Waals surface area contributed by atoms with Gasteiger partial charge in [0.2, 0.25) is 0 Å². The normalized spacial score (nSPS) is 10.7. The van der Waals surface area contributed by atoms with E-state index in [2.05, 4.69) is 10.4 Å². The van der Waals surface area contributed by atoms with Crippen molar-refractivity contribution >= 4 is 22.9 Å². The summed E-state index contributed by atoms with van der Waals surface area (Å²) in [7, 11) is 1.87. The van der Waals surface area contributed by atoms with Crippen molar-refractivity contribution in [3.8, 4) is 5.75 Å². The number of aromatic nitrogens is 2. The third kappa shape index (κ3) is 4.03. The molecule has 17 heavy (non-hydrogen) atoms. The van der Waals surface area contributed by atoms with Gasteiger partial charge >= 0.3 is 0 Å². The maximum absolute atomic E-state index is 5.84. The van der Waals surface area contributed by atoms with E-state index in [1.807, 2.05) is 25.4 Å². The number of hydrogen-bond acceptors (Lipinski definition) is 4. The van der Waals surface area contributed by atoms with Crippen molar-refractivity contribution in [2.45, 2.75) is 6.54 Å². The Morgan fingerprint density at radius 1 is 1.53 bits per heavy atom. The van der Waals surface area contributed by atoms with Crippen LogP contribution in [-0.4, -0.2) is 22.9 Å². The van der Waals surface area contributed by atoms with Crippen LogP contribution in [0.3, 0.4) is 0 Å². The summed E-state index contributed by atoms with van der Waals surface area (Å²) in [6, 6.07) is 3.94. The molecular formula is C11H14ClN3OS. The summed E-state index contributed by atoms with van der Waals surface area (Å²) in [6.45, 7) is 2.25. The van der Waals surface area contributed by atoms with E-state index in [0.717, 1.165) is 23.2 Å². The lowest BCUT2D eigenvalue weighted by molar-refractivity contribution is 0.313. The van der Waals surface area contributed by atoms with Crippen LogP contribution in [0, 0.1) is 0 Å². The zero-order valence-corrected chi connectivity index (χ0v) is 11.1. The molecule has 0 atom stereocenters. The highest BCUT2D eigenvalue weighted by molar-refractivity contribution is 7.16. The van der Waals surface area contributed by atoms with Gasteiger partial charge in [0.15, 0.2) is 5.75 Å². The van der Waals surface area contributed by atoms with Crippen molar-refractivity contribution in [2.75, 3.05) is 13.2 Å². The van der Waals surface area contributed by atoms with Crippen LogP contribution in [0.1, 0.15) is 4.88 Å². The van der Waals surface area contributed by atoms with E-state index >= 15 is 0 Å². The Morgan fingerprint density at radius 2 is 2.41 bits per heavy atom. The maximum Gasteiger partial charge on any atom is 0.157 e. The molecule has 0 saturated heterocycles. The molecule has 0 aromatic carbocycles. The Bertz CT molecular complexity index is 426. The van der Waals surface area contributed by atoms with E-state index in [0.29, 0.717) is 6.61 Å². The van der Waals surface area contributed by atoms with E-state index in [-0.39, 0.29) is 0 Å². The Labute approximate surface area is 109 Å². The minimum Gasteiger partial charge on any atom is -0.489 e. The number of thiophene rings is 1. The zero-order valence-electron chi connectivity index (χ0n) is 9.52. The number of hydrogen-bond donors (Lipinski definition) is 1. The van der Waals surface area contributed by atoms with Crippen LogP contribution in [0.4, 0.5) is 0 Å². The van der Waals surface area contributed by atoms with Crippen LogP contribution in [0.5, 0.6) is 5.75 Å². The zero-order chi connectivity index (χ0) is 12.1. The van der Waals surface area contributed by atoms with E-state index in [1.165, 1.54) is 4.88 Å². The summed E-state index contributed by atoms with van der Waals surface area (Å²) >= 11 is 7.43. The second-order valence-electron chi connectivity index (χ2n) is 3.58. The second kappa shape index (κ2) is 6.05. The highest BCUT2D eigenvalue weighted by atomic mass is 35.5. The first-order valence-electron chi connectivity index (χ1n) is 5.30. The predicted molar refractivity (Wildman–Crippen MR) is 69.7 cm³/mol. The van der Waals surface area contributed by atoms with Crippen LogP contribution < -0.4 is 10.1 Å². The molecule has 0 unspecified atom stereocenters. The van der Waals surface area contributed by atoms with Gasteiger partial charge in [-0.05, 0) is 12.1 Å². The highest BCUT2D eigenvalue weighted by Crippen LogP contribution is 2.20. The summed E-state index contributed by atoms with van der Waals surface area (Å²) in [6.07, 6.45) is 3.55. The molecule has 0 aliphatic carbocycles. The van der Waals surface area contributed by atoms with Gasteiger partial charge in [0.05, 0.1) is 16.7 Å². The molecule has 0 spiro atoms. The van der Waals surface area contributed by atoms with Crippen molar-refractivity contribution in [1.82, 2.24) is 15.1 Å². The molecule has 92 valence electrons. The number of nitrogens with zero attached hydrogens (tertiary/aromatic N) is 2. The Kier molecular flexibility index (Phi) is 4.42. The third-order valence-corrected chi connectivity index (χ3v) is 3.39. The molecule has 0 amide bonds. The minimum absolute atomic E-state index is 0.630. The van der Waals surface area contributed by atoms with E-state index in [1.54, 1.807) is 22.2 Å². The maximum atomic E-state index is 5.84. The fraction of sp³-hybridized carbons (Fsp3) is 0.364. The molecule has 2 rings (SSSR count). The van der Waals surface area contributed by atoms with Gasteiger partial charge in [0.1, 0.15) is 6.61 Å². The molecule has 0 saturated carbocycles. The lowest BCUT2D eigenvalue weighted by atomic mass is 10.4. The Morgan fingerprint density at radius 3 is 3.06 bits per heavy atom. The van der Waals surface area contributed by atoms with Gasteiger partial charge in [-0.15, -0.1) is 11.3 Å². The van der Waals surface area contributed by atoms with Gasteiger partial charge < -0.3 is 10.1 Å². The molecule has 2 aromatic rings. The molecule has 2 heterocycles. The van der Waals surface area contributed by atoms with Crippen molar-refractivity contribution in [3.63, 3.8) is 0 Å². The van der Waals surface area contributed by atoms with Crippen LogP contribution in [-0.2, 0) is 13.6 Å². The van der Waals surface area contributed by atoms with Gasteiger partial charge in [0.25, 0.3) is 0 Å². The molecule has 0 fully saturated rings. The third-order valence-electron chi connectivity index (χ3n) is 2.16. The summed E-state index contributed by atoms with van der Waals surface area (Å²) in [5.74, 6) is 0.800. The molecule has 0 bridgehead atoms. The largest absolute Gasteiger partial charge is 0.489 e. The van der Waals surface area contributed by atoms with Gasteiger partial charge in [-0.2, -0.15) is 5.10 Å². The second-order valence-corrected chi connectivity index (χ2v) is 5.38. The van der Waals surface area contributed by atoms with Gasteiger partial charge in [0, 0.05) is 25.0 Å². The van der Waals surface area contributed by atoms with E-state index in [4.69, 9.17) is 16.3 Å². The van der Waals surface area contributed by atoms with Crippen LogP contribution in [0.2, 0.25) is 4.34 Å². The molecule has 0 aliphatic rings. The predicted octanol–water partition coefficient (Wildman–Crippen LogP) is 2.30. The number of ether oxygens (including phenoxy) is 1. The van der Waals surface area contributed by atoms with E-state index in [9.17, 15) is 0 Å². The fourth-order valence-electron chi connectivity index (χ4n) is 1.37. The van der Waals surface area contributed by atoms with Crippen molar-refractivity contribution < 1.29 is 4.74 Å². The lowest BCUT2D eigenvalue weighted by Gasteiger charge is -2.04. The number of rotatable bonds is 6. The van der Waals surface area contributed by atoms with Crippen LogP contribution in [0.25, 0.3) is 0 Å². The summed E-state index contributed by atoms with van der Waals surface area (Å²) < 4.78 is 8.05. The van der Waals surface area contributed by atoms with Crippen LogP contribution in [0.15, 0.2) is 24.5 Å². The van der Waals surface area contributed by atoms with Crippen molar-refractivity contribution in [3.05, 3.63) is 33.7 Å². The number of nitrogens with one attached hydrogen (secondary N) is 1. The van der Waals surface area contributed by atoms with Crippen molar-refractivity contribution in [1.29, 1.82) is 0 Å². The Balaban J connectivity index is 1.60. The minimum atomic E-state index is 0.630. The standard InChI is InChI=1S/C11H14ClN3OS/c1-15-8-9(6-14-15)16-5-4-13-7-10-2-3-11(12)17-10/h2-3,6,8,13H,4-5,7H2,1H3. The molecular weight excluding hydrogens is 258 g/mol. The highest BCUT2D eigenvalue weighted by Gasteiger charge is 1.98. The molecule has 4 nitrogen and oxygen atoms in total. The average molecular weight is 272 g/mol. The lowest BCUT2D eigenvalue weighted by Crippen LogP contribution is -2.19.